The summed E-state index contributed by atoms with van der Waals surface area (Å²) in [4.78, 5) is 27.3. The summed E-state index contributed by atoms with van der Waals surface area (Å²) < 4.78 is 13.5. The third-order valence-electron chi connectivity index (χ3n) is 4.66. The first-order valence-electron chi connectivity index (χ1n) is 8.09. The number of halogens is 1. The summed E-state index contributed by atoms with van der Waals surface area (Å²) >= 11 is 1.47. The van der Waals surface area contributed by atoms with Crippen LogP contribution in [0, 0.1) is 5.82 Å². The minimum absolute atomic E-state index is 0.100. The fraction of sp³-hybridized carbons (Fsp3) is 0.412. The van der Waals surface area contributed by atoms with Crippen LogP contribution in [0.4, 0.5) is 4.39 Å². The van der Waals surface area contributed by atoms with Gasteiger partial charge in [-0.05, 0) is 43.0 Å². The van der Waals surface area contributed by atoms with Gasteiger partial charge in [-0.2, -0.15) is 0 Å². The monoisotopic (exact) mass is 347 g/mol. The standard InChI is InChI=1S/C17H18FN3O2S/c18-9-4-5-12-11(6-9)10-2-1-3-13(16(10)20-12)21-17(23)14-7-24-8-15(22)19-14/h4-6,13-14,20H,1-3,7-8H2,(H,19,22)(H,21,23)/t13?,14-/m0/s1. The van der Waals surface area contributed by atoms with Crippen LogP contribution in [0.25, 0.3) is 10.9 Å². The number of aryl methyl sites for hydroxylation is 1. The lowest BCUT2D eigenvalue weighted by atomic mass is 9.91. The van der Waals surface area contributed by atoms with Crippen molar-refractivity contribution >= 4 is 34.5 Å². The second-order valence-electron chi connectivity index (χ2n) is 6.30. The third-order valence-corrected chi connectivity index (χ3v) is 5.69. The molecule has 1 fully saturated rings. The summed E-state index contributed by atoms with van der Waals surface area (Å²) in [6.07, 6.45) is 2.65. The molecular weight excluding hydrogens is 329 g/mol. The lowest BCUT2D eigenvalue weighted by Crippen LogP contribution is -2.52. The summed E-state index contributed by atoms with van der Waals surface area (Å²) in [5, 5.41) is 6.67. The van der Waals surface area contributed by atoms with Gasteiger partial charge in [0.2, 0.25) is 11.8 Å². The molecule has 3 N–H and O–H groups in total. The van der Waals surface area contributed by atoms with Crippen LogP contribution in [0.15, 0.2) is 18.2 Å². The molecule has 1 aliphatic carbocycles. The zero-order chi connectivity index (χ0) is 16.7. The molecule has 1 aromatic heterocycles. The van der Waals surface area contributed by atoms with Crippen molar-refractivity contribution in [3.63, 3.8) is 0 Å². The van der Waals surface area contributed by atoms with Crippen molar-refractivity contribution in [3.8, 4) is 0 Å². The predicted octanol–water partition coefficient (Wildman–Crippen LogP) is 2.03. The van der Waals surface area contributed by atoms with Gasteiger partial charge in [-0.25, -0.2) is 4.39 Å². The van der Waals surface area contributed by atoms with Crippen molar-refractivity contribution in [2.24, 2.45) is 0 Å². The predicted molar refractivity (Wildman–Crippen MR) is 91.3 cm³/mol. The number of hydrogen-bond donors (Lipinski definition) is 3. The number of carbonyl (C=O) groups excluding carboxylic acids is 2. The van der Waals surface area contributed by atoms with Crippen molar-refractivity contribution in [3.05, 3.63) is 35.3 Å². The Balaban J connectivity index is 1.59. The number of rotatable bonds is 2. The molecule has 2 aliphatic rings. The second-order valence-corrected chi connectivity index (χ2v) is 7.33. The largest absolute Gasteiger partial charge is 0.356 e. The SMILES string of the molecule is O=C1CSC[C@@H](C(=O)NC2CCCc3c2[nH]c2ccc(F)cc32)N1. The quantitative estimate of drug-likeness (QED) is 0.778. The number of carbonyl (C=O) groups is 2. The van der Waals surface area contributed by atoms with Gasteiger partial charge in [-0.1, -0.05) is 0 Å². The van der Waals surface area contributed by atoms with Crippen LogP contribution < -0.4 is 10.6 Å². The number of H-pyrrole nitrogens is 1. The topological polar surface area (TPSA) is 74.0 Å². The highest BCUT2D eigenvalue weighted by molar-refractivity contribution is 8.00. The van der Waals surface area contributed by atoms with E-state index < -0.39 is 6.04 Å². The van der Waals surface area contributed by atoms with Crippen LogP contribution in [0.1, 0.15) is 30.1 Å². The molecule has 7 heteroatoms. The van der Waals surface area contributed by atoms with E-state index in [0.717, 1.165) is 41.4 Å². The fourth-order valence-electron chi connectivity index (χ4n) is 3.54. The number of benzene rings is 1. The van der Waals surface area contributed by atoms with Crippen LogP contribution in [-0.2, 0) is 16.0 Å². The molecule has 1 aromatic carbocycles. The highest BCUT2D eigenvalue weighted by Crippen LogP contribution is 2.35. The maximum absolute atomic E-state index is 13.5. The lowest BCUT2D eigenvalue weighted by molar-refractivity contribution is -0.128. The van der Waals surface area contributed by atoms with E-state index in [2.05, 4.69) is 15.6 Å². The Morgan fingerprint density at radius 3 is 3.08 bits per heavy atom. The molecule has 2 heterocycles. The molecule has 1 unspecified atom stereocenters. The van der Waals surface area contributed by atoms with Crippen LogP contribution in [0.5, 0.6) is 0 Å². The van der Waals surface area contributed by atoms with Crippen LogP contribution in [0.3, 0.4) is 0 Å². The maximum Gasteiger partial charge on any atom is 0.243 e. The Bertz CT molecular complexity index is 820. The van der Waals surface area contributed by atoms with Gasteiger partial charge in [-0.3, -0.25) is 9.59 Å². The second kappa shape index (κ2) is 6.12. The summed E-state index contributed by atoms with van der Waals surface area (Å²) in [7, 11) is 0. The molecule has 2 aromatic rings. The van der Waals surface area contributed by atoms with Crippen LogP contribution in [-0.4, -0.2) is 34.3 Å². The van der Waals surface area contributed by atoms with Gasteiger partial charge in [-0.15, -0.1) is 11.8 Å². The first-order valence-corrected chi connectivity index (χ1v) is 9.25. The zero-order valence-electron chi connectivity index (χ0n) is 13.0. The van der Waals surface area contributed by atoms with E-state index in [1.807, 2.05) is 0 Å². The molecule has 5 nitrogen and oxygen atoms in total. The highest BCUT2D eigenvalue weighted by Gasteiger charge is 2.30. The Kier molecular flexibility index (Phi) is 3.96. The Labute approximate surface area is 142 Å². The summed E-state index contributed by atoms with van der Waals surface area (Å²) in [6, 6.07) is 4.11. The molecule has 0 spiro atoms. The maximum atomic E-state index is 13.5. The van der Waals surface area contributed by atoms with Gasteiger partial charge in [0.1, 0.15) is 11.9 Å². The molecular formula is C17H18FN3O2S. The summed E-state index contributed by atoms with van der Waals surface area (Å²) in [5.74, 6) is 0.493. The average Bonchev–Trinajstić information content (AvgIpc) is 2.94. The Hall–Kier alpha value is -2.02. The first-order chi connectivity index (χ1) is 11.6. The lowest BCUT2D eigenvalue weighted by Gasteiger charge is -2.28. The van der Waals surface area contributed by atoms with Crippen molar-refractivity contribution in [1.29, 1.82) is 0 Å². The Morgan fingerprint density at radius 2 is 2.25 bits per heavy atom. The van der Waals surface area contributed by atoms with Gasteiger partial charge in [0.05, 0.1) is 11.8 Å². The zero-order valence-corrected chi connectivity index (χ0v) is 13.8. The van der Waals surface area contributed by atoms with Crippen molar-refractivity contribution in [2.45, 2.75) is 31.3 Å². The fourth-order valence-corrected chi connectivity index (χ4v) is 4.40. The number of hydrogen-bond acceptors (Lipinski definition) is 3. The van der Waals surface area contributed by atoms with E-state index in [9.17, 15) is 14.0 Å². The number of thioether (sulfide) groups is 1. The van der Waals surface area contributed by atoms with Crippen molar-refractivity contribution < 1.29 is 14.0 Å². The third kappa shape index (κ3) is 2.77. The average molecular weight is 347 g/mol. The molecule has 4 rings (SSSR count). The molecule has 2 amide bonds. The van der Waals surface area contributed by atoms with Crippen LogP contribution >= 0.6 is 11.8 Å². The van der Waals surface area contributed by atoms with Gasteiger partial charge in [0.15, 0.2) is 0 Å². The molecule has 1 saturated heterocycles. The smallest absolute Gasteiger partial charge is 0.243 e. The van der Waals surface area contributed by atoms with E-state index in [1.54, 1.807) is 12.1 Å². The number of amides is 2. The van der Waals surface area contributed by atoms with Gasteiger partial charge < -0.3 is 15.6 Å². The van der Waals surface area contributed by atoms with E-state index in [4.69, 9.17) is 0 Å². The van der Waals surface area contributed by atoms with E-state index >= 15 is 0 Å². The van der Waals surface area contributed by atoms with E-state index in [-0.39, 0.29) is 23.7 Å². The number of fused-ring (bicyclic) bond motifs is 3. The first kappa shape index (κ1) is 15.5. The molecule has 0 bridgehead atoms. The van der Waals surface area contributed by atoms with Gasteiger partial charge in [0, 0.05) is 22.3 Å². The minimum Gasteiger partial charge on any atom is -0.356 e. The van der Waals surface area contributed by atoms with Crippen LogP contribution in [0.2, 0.25) is 0 Å². The summed E-state index contributed by atoms with van der Waals surface area (Å²) in [6.45, 7) is 0. The number of nitrogens with one attached hydrogen (secondary N) is 3. The molecule has 0 saturated carbocycles. The van der Waals surface area contributed by atoms with E-state index in [0.29, 0.717) is 11.5 Å². The van der Waals surface area contributed by atoms with Crippen molar-refractivity contribution in [2.75, 3.05) is 11.5 Å². The van der Waals surface area contributed by atoms with Gasteiger partial charge >= 0.3 is 0 Å². The number of aromatic nitrogens is 1. The molecule has 0 radical (unpaired) electrons. The van der Waals surface area contributed by atoms with Crippen molar-refractivity contribution in [1.82, 2.24) is 15.6 Å². The molecule has 1 aliphatic heterocycles. The minimum atomic E-state index is -0.483. The Morgan fingerprint density at radius 1 is 1.38 bits per heavy atom. The van der Waals surface area contributed by atoms with E-state index in [1.165, 1.54) is 17.8 Å². The molecule has 2 atom stereocenters. The van der Waals surface area contributed by atoms with Gasteiger partial charge in [0.25, 0.3) is 0 Å². The molecule has 24 heavy (non-hydrogen) atoms. The normalized spacial score (nSPS) is 23.6. The summed E-state index contributed by atoms with van der Waals surface area (Å²) in [5.41, 5.74) is 2.94. The number of aromatic amines is 1. The molecule has 126 valence electrons. The highest BCUT2D eigenvalue weighted by atomic mass is 32.2.